The standard InChI is InChI=1S/C17H13F3N2O5S2/c18-17(19,20)27-12-5-3-11(4-6-12)22-16(23)14-7-8-15(26-14)29(24,25)21-10-13-2-1-9-28-13/h1-9,21H,10H2,(H,22,23). The van der Waals surface area contributed by atoms with Crippen LogP contribution in [0.3, 0.4) is 0 Å². The average Bonchev–Trinajstić information content (AvgIpc) is 3.33. The Balaban J connectivity index is 1.63. The van der Waals surface area contributed by atoms with Crippen molar-refractivity contribution in [3.05, 3.63) is 64.5 Å². The van der Waals surface area contributed by atoms with Crippen LogP contribution < -0.4 is 14.8 Å². The predicted molar refractivity (Wildman–Crippen MR) is 98.1 cm³/mol. The largest absolute Gasteiger partial charge is 0.573 e. The second-order valence-electron chi connectivity index (χ2n) is 5.55. The van der Waals surface area contributed by atoms with Crippen molar-refractivity contribution in [2.45, 2.75) is 18.0 Å². The van der Waals surface area contributed by atoms with E-state index < -0.39 is 33.1 Å². The fourth-order valence-corrected chi connectivity index (χ4v) is 3.84. The Morgan fingerprint density at radius 3 is 2.45 bits per heavy atom. The average molecular weight is 446 g/mol. The van der Waals surface area contributed by atoms with Gasteiger partial charge in [-0.15, -0.1) is 24.5 Å². The molecule has 0 atom stereocenters. The van der Waals surface area contributed by atoms with Gasteiger partial charge < -0.3 is 14.5 Å². The zero-order valence-corrected chi connectivity index (χ0v) is 16.0. The molecule has 12 heteroatoms. The highest BCUT2D eigenvalue weighted by Gasteiger charge is 2.31. The molecule has 3 aromatic rings. The second kappa shape index (κ2) is 8.27. The maximum atomic E-state index is 12.2. The van der Waals surface area contributed by atoms with E-state index in [4.69, 9.17) is 4.42 Å². The summed E-state index contributed by atoms with van der Waals surface area (Å²) >= 11 is 1.38. The highest BCUT2D eigenvalue weighted by atomic mass is 32.2. The first-order valence-electron chi connectivity index (χ1n) is 7.91. The lowest BCUT2D eigenvalue weighted by atomic mass is 10.3. The Bertz CT molecular complexity index is 1080. The van der Waals surface area contributed by atoms with Crippen molar-refractivity contribution in [3.63, 3.8) is 0 Å². The smallest absolute Gasteiger partial charge is 0.438 e. The molecule has 2 N–H and O–H groups in total. The lowest BCUT2D eigenvalue weighted by Crippen LogP contribution is -2.22. The number of furan rings is 1. The first kappa shape index (κ1) is 20.9. The number of hydrogen-bond donors (Lipinski definition) is 2. The first-order valence-corrected chi connectivity index (χ1v) is 10.3. The van der Waals surface area contributed by atoms with Crippen molar-refractivity contribution >= 4 is 33.0 Å². The molecule has 2 heterocycles. The van der Waals surface area contributed by atoms with Gasteiger partial charge in [0.05, 0.1) is 0 Å². The Morgan fingerprint density at radius 1 is 1.10 bits per heavy atom. The summed E-state index contributed by atoms with van der Waals surface area (Å²) in [6.07, 6.45) is -4.82. The number of thiophene rings is 1. The van der Waals surface area contributed by atoms with Gasteiger partial charge in [0, 0.05) is 17.1 Å². The number of halogens is 3. The minimum Gasteiger partial charge on any atom is -0.438 e. The van der Waals surface area contributed by atoms with E-state index in [2.05, 4.69) is 14.8 Å². The third-order valence-electron chi connectivity index (χ3n) is 3.43. The number of alkyl halides is 3. The molecule has 154 valence electrons. The Kier molecular flexibility index (Phi) is 5.96. The molecule has 0 spiro atoms. The van der Waals surface area contributed by atoms with E-state index in [9.17, 15) is 26.4 Å². The highest BCUT2D eigenvalue weighted by molar-refractivity contribution is 7.89. The molecule has 0 aliphatic carbocycles. The fourth-order valence-electron chi connectivity index (χ4n) is 2.17. The van der Waals surface area contributed by atoms with Crippen molar-refractivity contribution in [3.8, 4) is 5.75 Å². The lowest BCUT2D eigenvalue weighted by molar-refractivity contribution is -0.274. The quantitative estimate of drug-likeness (QED) is 0.572. The topological polar surface area (TPSA) is 97.6 Å². The van der Waals surface area contributed by atoms with Crippen LogP contribution in [0.2, 0.25) is 0 Å². The molecule has 0 saturated carbocycles. The fraction of sp³-hybridized carbons (Fsp3) is 0.118. The maximum absolute atomic E-state index is 12.2. The monoisotopic (exact) mass is 446 g/mol. The van der Waals surface area contributed by atoms with E-state index in [0.717, 1.165) is 23.1 Å². The van der Waals surface area contributed by atoms with Crippen molar-refractivity contribution in [2.24, 2.45) is 0 Å². The molecule has 0 aliphatic heterocycles. The third kappa shape index (κ3) is 5.82. The van der Waals surface area contributed by atoms with Gasteiger partial charge in [-0.25, -0.2) is 13.1 Å². The molecule has 2 aromatic heterocycles. The molecule has 0 unspecified atom stereocenters. The number of benzene rings is 1. The van der Waals surface area contributed by atoms with Crippen molar-refractivity contribution in [1.82, 2.24) is 4.72 Å². The molecule has 7 nitrogen and oxygen atoms in total. The van der Waals surface area contributed by atoms with E-state index >= 15 is 0 Å². The van der Waals surface area contributed by atoms with Gasteiger partial charge in [-0.3, -0.25) is 4.79 Å². The summed E-state index contributed by atoms with van der Waals surface area (Å²) in [6.45, 7) is 0.0780. The molecule has 0 radical (unpaired) electrons. The van der Waals surface area contributed by atoms with Crippen LogP contribution in [-0.4, -0.2) is 20.7 Å². The Hall–Kier alpha value is -2.83. The molecule has 1 aromatic carbocycles. The van der Waals surface area contributed by atoms with E-state index in [0.29, 0.717) is 0 Å². The minimum atomic E-state index is -4.82. The minimum absolute atomic E-state index is 0.0780. The molecule has 3 rings (SSSR count). The number of nitrogens with one attached hydrogen (secondary N) is 2. The third-order valence-corrected chi connectivity index (χ3v) is 5.58. The predicted octanol–water partition coefficient (Wildman–Crippen LogP) is 3.97. The van der Waals surface area contributed by atoms with Gasteiger partial charge in [-0.2, -0.15) is 0 Å². The van der Waals surface area contributed by atoms with Crippen molar-refractivity contribution in [2.75, 3.05) is 5.32 Å². The van der Waals surface area contributed by atoms with E-state index in [1.807, 2.05) is 0 Å². The number of hydrogen-bond acceptors (Lipinski definition) is 6. The molecular formula is C17H13F3N2O5S2. The number of amides is 1. The molecule has 1 amide bonds. The zero-order valence-electron chi connectivity index (χ0n) is 14.4. The van der Waals surface area contributed by atoms with Crippen LogP contribution in [0.5, 0.6) is 5.75 Å². The van der Waals surface area contributed by atoms with Gasteiger partial charge in [0.25, 0.3) is 15.9 Å². The summed E-state index contributed by atoms with van der Waals surface area (Å²) in [5.41, 5.74) is 0.168. The normalized spacial score (nSPS) is 12.0. The van der Waals surface area contributed by atoms with Gasteiger partial charge in [-0.05, 0) is 47.8 Å². The summed E-state index contributed by atoms with van der Waals surface area (Å²) in [6, 6.07) is 10.3. The number of anilines is 1. The van der Waals surface area contributed by atoms with Crippen LogP contribution in [0.1, 0.15) is 15.4 Å². The Morgan fingerprint density at radius 2 is 1.83 bits per heavy atom. The number of carbonyl (C=O) groups excluding carboxylic acids is 1. The summed E-state index contributed by atoms with van der Waals surface area (Å²) in [5.74, 6) is -1.50. The van der Waals surface area contributed by atoms with Gasteiger partial charge in [0.2, 0.25) is 5.09 Å². The highest BCUT2D eigenvalue weighted by Crippen LogP contribution is 2.24. The van der Waals surface area contributed by atoms with Gasteiger partial charge in [0.15, 0.2) is 5.76 Å². The molecule has 0 saturated heterocycles. The number of rotatable bonds is 7. The van der Waals surface area contributed by atoms with Crippen LogP contribution in [0.4, 0.5) is 18.9 Å². The maximum Gasteiger partial charge on any atom is 0.573 e. The van der Waals surface area contributed by atoms with Crippen molar-refractivity contribution < 1.29 is 35.5 Å². The second-order valence-corrected chi connectivity index (χ2v) is 8.28. The summed E-state index contributed by atoms with van der Waals surface area (Å²) in [5, 5.41) is 3.75. The van der Waals surface area contributed by atoms with Crippen LogP contribution in [0.15, 0.2) is 63.4 Å². The van der Waals surface area contributed by atoms with Crippen molar-refractivity contribution in [1.29, 1.82) is 0 Å². The first-order chi connectivity index (χ1) is 13.6. The number of carbonyl (C=O) groups is 1. The lowest BCUT2D eigenvalue weighted by Gasteiger charge is -2.09. The molecule has 0 fully saturated rings. The van der Waals surface area contributed by atoms with Gasteiger partial charge >= 0.3 is 6.36 Å². The van der Waals surface area contributed by atoms with Crippen LogP contribution in [-0.2, 0) is 16.6 Å². The van der Waals surface area contributed by atoms with Gasteiger partial charge in [0.1, 0.15) is 5.75 Å². The summed E-state index contributed by atoms with van der Waals surface area (Å²) in [4.78, 5) is 13.0. The Labute approximate surface area is 167 Å². The van der Waals surface area contributed by atoms with Crippen LogP contribution >= 0.6 is 11.3 Å². The molecular weight excluding hydrogens is 433 g/mol. The van der Waals surface area contributed by atoms with Crippen LogP contribution in [0, 0.1) is 0 Å². The summed E-state index contributed by atoms with van der Waals surface area (Å²) in [7, 11) is -3.96. The number of sulfonamides is 1. The van der Waals surface area contributed by atoms with E-state index in [1.54, 1.807) is 17.5 Å². The molecule has 0 bridgehead atoms. The van der Waals surface area contributed by atoms with E-state index in [-0.39, 0.29) is 18.0 Å². The molecule has 0 aliphatic rings. The van der Waals surface area contributed by atoms with Gasteiger partial charge in [-0.1, -0.05) is 6.07 Å². The zero-order chi connectivity index (χ0) is 21.1. The summed E-state index contributed by atoms with van der Waals surface area (Å²) < 4.78 is 72.1. The van der Waals surface area contributed by atoms with Crippen LogP contribution in [0.25, 0.3) is 0 Å². The van der Waals surface area contributed by atoms with E-state index in [1.165, 1.54) is 29.5 Å². The molecule has 29 heavy (non-hydrogen) atoms. The SMILES string of the molecule is O=C(Nc1ccc(OC(F)(F)F)cc1)c1ccc(S(=O)(=O)NCc2cccs2)o1. The number of ether oxygens (including phenoxy) is 1.